The largest absolute Gasteiger partial charge is 0.407 e. The van der Waals surface area contributed by atoms with Crippen molar-refractivity contribution in [1.29, 1.82) is 0 Å². The molecule has 0 heterocycles. The van der Waals surface area contributed by atoms with Crippen LogP contribution in [0.1, 0.15) is 41.0 Å². The van der Waals surface area contributed by atoms with Gasteiger partial charge in [0.2, 0.25) is 0 Å². The number of allylic oxidation sites excluding steroid dienone is 1. The van der Waals surface area contributed by atoms with E-state index < -0.39 is 13.9 Å². The molecule has 0 fully saturated rings. The Balaban J connectivity index is 5.25. The fourth-order valence-corrected chi connectivity index (χ4v) is 5.35. The van der Waals surface area contributed by atoms with Gasteiger partial charge in [-0.15, -0.1) is 12.3 Å². The molecule has 2 nitrogen and oxygen atoms in total. The van der Waals surface area contributed by atoms with E-state index in [1.165, 1.54) is 0 Å². The Morgan fingerprint density at radius 3 is 2.17 bits per heavy atom. The molecular formula is C15H26O2Si. The van der Waals surface area contributed by atoms with Crippen LogP contribution in [0.3, 0.4) is 0 Å². The molecule has 0 radical (unpaired) electrons. The Kier molecular flexibility index (Phi) is 7.19. The summed E-state index contributed by atoms with van der Waals surface area (Å²) < 4.78 is 6.45. The van der Waals surface area contributed by atoms with Crippen molar-refractivity contribution in [3.8, 4) is 12.3 Å². The summed E-state index contributed by atoms with van der Waals surface area (Å²) in [5, 5.41) is 0. The first-order chi connectivity index (χ1) is 8.40. The molecule has 0 spiro atoms. The molecule has 0 aromatic heterocycles. The van der Waals surface area contributed by atoms with Crippen molar-refractivity contribution in [3.63, 3.8) is 0 Å². The van der Waals surface area contributed by atoms with E-state index in [4.69, 9.17) is 10.8 Å². The maximum atomic E-state index is 10.8. The number of carbonyl (C=O) groups is 1. The van der Waals surface area contributed by atoms with Crippen LogP contribution in [-0.4, -0.2) is 20.2 Å². The first-order valence-corrected chi connectivity index (χ1v) is 9.22. The highest BCUT2D eigenvalue weighted by Gasteiger charge is 2.36. The lowest BCUT2D eigenvalue weighted by Crippen LogP contribution is -2.45. The maximum Gasteiger partial charge on any atom is 0.193 e. The van der Waals surface area contributed by atoms with Crippen LogP contribution in [0.15, 0.2) is 11.6 Å². The van der Waals surface area contributed by atoms with Crippen molar-refractivity contribution < 1.29 is 9.22 Å². The van der Waals surface area contributed by atoms with Crippen molar-refractivity contribution in [3.05, 3.63) is 11.6 Å². The molecule has 3 heteroatoms. The van der Waals surface area contributed by atoms with Crippen LogP contribution in [0.2, 0.25) is 18.1 Å². The quantitative estimate of drug-likeness (QED) is 0.288. The Hall–Kier alpha value is -0.853. The summed E-state index contributed by atoms with van der Waals surface area (Å²) in [5.41, 5.74) is 0.174. The van der Waals surface area contributed by atoms with Gasteiger partial charge in [-0.3, -0.25) is 4.79 Å². The SMILES string of the molecule is C#CC[C@@](C)(/C=C(\C)C=O)O[Si](CC)(CC)CC. The number of hydrogen-bond acceptors (Lipinski definition) is 2. The van der Waals surface area contributed by atoms with Crippen molar-refractivity contribution >= 4 is 14.6 Å². The molecule has 102 valence electrons. The smallest absolute Gasteiger partial charge is 0.193 e. The van der Waals surface area contributed by atoms with E-state index in [-0.39, 0.29) is 0 Å². The Morgan fingerprint density at radius 2 is 1.83 bits per heavy atom. The second kappa shape index (κ2) is 7.55. The predicted molar refractivity (Wildman–Crippen MR) is 80.0 cm³/mol. The lowest BCUT2D eigenvalue weighted by molar-refractivity contribution is -0.105. The first-order valence-electron chi connectivity index (χ1n) is 6.69. The van der Waals surface area contributed by atoms with Crippen molar-refractivity contribution in [2.75, 3.05) is 0 Å². The molecule has 18 heavy (non-hydrogen) atoms. The Bertz CT molecular complexity index is 329. The van der Waals surface area contributed by atoms with E-state index >= 15 is 0 Å². The van der Waals surface area contributed by atoms with Gasteiger partial charge in [-0.25, -0.2) is 0 Å². The minimum atomic E-state index is -1.73. The molecule has 0 saturated carbocycles. The third-order valence-corrected chi connectivity index (χ3v) is 8.32. The molecule has 0 aliphatic heterocycles. The minimum absolute atomic E-state index is 0.506. The molecule has 0 aromatic rings. The van der Waals surface area contributed by atoms with Gasteiger partial charge >= 0.3 is 0 Å². The molecule has 1 atom stereocenters. The highest BCUT2D eigenvalue weighted by Crippen LogP contribution is 2.31. The molecule has 0 rings (SSSR count). The summed E-state index contributed by atoms with van der Waals surface area (Å²) in [7, 11) is -1.73. The summed E-state index contributed by atoms with van der Waals surface area (Å²) in [6.45, 7) is 10.3. The van der Waals surface area contributed by atoms with Crippen LogP contribution in [0, 0.1) is 12.3 Å². The average molecular weight is 266 g/mol. The molecule has 0 aromatic carbocycles. The highest BCUT2D eigenvalue weighted by atomic mass is 28.4. The molecule has 0 unspecified atom stereocenters. The van der Waals surface area contributed by atoms with E-state index in [1.54, 1.807) is 6.92 Å². The lowest BCUT2D eigenvalue weighted by atomic mass is 10.0. The Labute approximate surface area is 113 Å². The molecular weight excluding hydrogens is 240 g/mol. The number of terminal acetylenes is 1. The van der Waals surface area contributed by atoms with E-state index in [2.05, 4.69) is 26.7 Å². The average Bonchev–Trinajstić information content (AvgIpc) is 2.36. The van der Waals surface area contributed by atoms with Crippen molar-refractivity contribution in [2.24, 2.45) is 0 Å². The molecule has 0 bridgehead atoms. The van der Waals surface area contributed by atoms with Crippen LogP contribution in [0.5, 0.6) is 0 Å². The van der Waals surface area contributed by atoms with Gasteiger partial charge in [-0.05, 0) is 43.6 Å². The zero-order chi connectivity index (χ0) is 14.2. The molecule has 0 saturated heterocycles. The lowest BCUT2D eigenvalue weighted by Gasteiger charge is -2.38. The first kappa shape index (κ1) is 17.1. The molecule has 0 amide bonds. The summed E-state index contributed by atoms with van der Waals surface area (Å²) in [4.78, 5) is 10.8. The normalized spacial score (nSPS) is 15.9. The van der Waals surface area contributed by atoms with E-state index in [9.17, 15) is 4.79 Å². The minimum Gasteiger partial charge on any atom is -0.407 e. The number of rotatable bonds is 8. The monoisotopic (exact) mass is 266 g/mol. The van der Waals surface area contributed by atoms with Gasteiger partial charge in [0.15, 0.2) is 8.32 Å². The van der Waals surface area contributed by atoms with Crippen LogP contribution in [0.25, 0.3) is 0 Å². The van der Waals surface area contributed by atoms with Gasteiger partial charge in [0.25, 0.3) is 0 Å². The van der Waals surface area contributed by atoms with E-state index in [1.807, 2.05) is 13.0 Å². The van der Waals surface area contributed by atoms with E-state index in [0.717, 1.165) is 24.4 Å². The van der Waals surface area contributed by atoms with Gasteiger partial charge in [-0.2, -0.15) is 0 Å². The van der Waals surface area contributed by atoms with Crippen LogP contribution >= 0.6 is 0 Å². The fourth-order valence-electron chi connectivity index (χ4n) is 2.30. The Morgan fingerprint density at radius 1 is 1.33 bits per heavy atom. The maximum absolute atomic E-state index is 10.8. The van der Waals surface area contributed by atoms with Crippen LogP contribution in [0.4, 0.5) is 0 Å². The third-order valence-electron chi connectivity index (χ3n) is 3.55. The van der Waals surface area contributed by atoms with Gasteiger partial charge in [-0.1, -0.05) is 20.8 Å². The van der Waals surface area contributed by atoms with Crippen molar-refractivity contribution in [2.45, 2.75) is 64.8 Å². The fraction of sp³-hybridized carbons (Fsp3) is 0.667. The second-order valence-electron chi connectivity index (χ2n) is 5.05. The summed E-state index contributed by atoms with van der Waals surface area (Å²) in [6.07, 6.45) is 8.68. The van der Waals surface area contributed by atoms with Crippen molar-refractivity contribution in [1.82, 2.24) is 0 Å². The predicted octanol–water partition coefficient (Wildman–Crippen LogP) is 3.94. The summed E-state index contributed by atoms with van der Waals surface area (Å²) in [6, 6.07) is 3.23. The van der Waals surface area contributed by atoms with Crippen LogP contribution in [-0.2, 0) is 9.22 Å². The zero-order valence-electron chi connectivity index (χ0n) is 12.4. The van der Waals surface area contributed by atoms with E-state index in [0.29, 0.717) is 12.0 Å². The highest BCUT2D eigenvalue weighted by molar-refractivity contribution is 6.73. The number of hydrogen-bond donors (Lipinski definition) is 0. The molecule has 0 aliphatic carbocycles. The summed E-state index contributed by atoms with van der Waals surface area (Å²) >= 11 is 0. The number of carbonyl (C=O) groups excluding carboxylic acids is 1. The molecule has 0 aliphatic rings. The van der Waals surface area contributed by atoms with Gasteiger partial charge in [0, 0.05) is 6.42 Å². The summed E-state index contributed by atoms with van der Waals surface area (Å²) in [5.74, 6) is 2.67. The topological polar surface area (TPSA) is 26.3 Å². The third kappa shape index (κ3) is 4.79. The standard InChI is InChI=1S/C15H26O2Si/c1-7-11-15(6,12-14(5)13-16)17-18(8-2,9-3)10-4/h1,12-13H,8-11H2,2-6H3/b14-12+/t15-/m0/s1. The second-order valence-corrected chi connectivity index (χ2v) is 9.74. The van der Waals surface area contributed by atoms with Gasteiger partial charge in [0.05, 0.1) is 5.60 Å². The number of aldehydes is 1. The molecule has 0 N–H and O–H groups in total. The van der Waals surface area contributed by atoms with Crippen LogP contribution < -0.4 is 0 Å². The van der Waals surface area contributed by atoms with Gasteiger partial charge < -0.3 is 4.43 Å². The van der Waals surface area contributed by atoms with Gasteiger partial charge in [0.1, 0.15) is 6.29 Å². The zero-order valence-corrected chi connectivity index (χ0v) is 13.4.